The zero-order valence-electron chi connectivity index (χ0n) is 15.1. The molecule has 0 saturated carbocycles. The van der Waals surface area contributed by atoms with Gasteiger partial charge < -0.3 is 14.8 Å². The molecule has 138 valence electrons. The van der Waals surface area contributed by atoms with E-state index in [1.807, 2.05) is 48.5 Å². The van der Waals surface area contributed by atoms with Crippen LogP contribution in [0.3, 0.4) is 0 Å². The van der Waals surface area contributed by atoms with E-state index < -0.39 is 0 Å². The number of nitrogens with one attached hydrogen (secondary N) is 2. The SMILES string of the molecule is COc1ccc2c(c1)CC(C(=O)NCc1cn[nH]c1-c1ccccc1)CO2. The number of carbonyl (C=O) groups is 1. The molecule has 1 aliphatic rings. The fraction of sp³-hybridized carbons (Fsp3) is 0.238. The Bertz CT molecular complexity index is 937. The first-order valence-electron chi connectivity index (χ1n) is 8.89. The lowest BCUT2D eigenvalue weighted by atomic mass is 9.95. The molecule has 2 N–H and O–H groups in total. The molecule has 1 aromatic heterocycles. The van der Waals surface area contributed by atoms with Crippen LogP contribution in [0.5, 0.6) is 11.5 Å². The maximum absolute atomic E-state index is 12.7. The van der Waals surface area contributed by atoms with E-state index in [4.69, 9.17) is 9.47 Å². The third-order valence-corrected chi connectivity index (χ3v) is 4.78. The molecule has 0 fully saturated rings. The van der Waals surface area contributed by atoms with E-state index in [2.05, 4.69) is 15.5 Å². The average Bonchev–Trinajstić information content (AvgIpc) is 3.20. The Kier molecular flexibility index (Phi) is 4.78. The van der Waals surface area contributed by atoms with Crippen LogP contribution in [0.1, 0.15) is 11.1 Å². The van der Waals surface area contributed by atoms with Crippen molar-refractivity contribution < 1.29 is 14.3 Å². The van der Waals surface area contributed by atoms with Gasteiger partial charge in [-0.1, -0.05) is 30.3 Å². The van der Waals surface area contributed by atoms with Gasteiger partial charge in [-0.25, -0.2) is 0 Å². The van der Waals surface area contributed by atoms with Gasteiger partial charge in [0.1, 0.15) is 18.1 Å². The highest BCUT2D eigenvalue weighted by atomic mass is 16.5. The number of hydrogen-bond donors (Lipinski definition) is 2. The quantitative estimate of drug-likeness (QED) is 0.731. The molecular formula is C21H21N3O3. The molecule has 0 spiro atoms. The van der Waals surface area contributed by atoms with Gasteiger partial charge in [-0.3, -0.25) is 9.89 Å². The highest BCUT2D eigenvalue weighted by Crippen LogP contribution is 2.30. The smallest absolute Gasteiger partial charge is 0.227 e. The molecule has 1 aliphatic heterocycles. The molecule has 0 aliphatic carbocycles. The van der Waals surface area contributed by atoms with Gasteiger partial charge in [-0.05, 0) is 35.7 Å². The summed E-state index contributed by atoms with van der Waals surface area (Å²) in [6, 6.07) is 15.6. The topological polar surface area (TPSA) is 76.2 Å². The number of amides is 1. The second-order valence-electron chi connectivity index (χ2n) is 6.54. The van der Waals surface area contributed by atoms with Crippen LogP contribution < -0.4 is 14.8 Å². The van der Waals surface area contributed by atoms with Crippen molar-refractivity contribution in [1.29, 1.82) is 0 Å². The minimum Gasteiger partial charge on any atom is -0.497 e. The predicted molar refractivity (Wildman–Crippen MR) is 102 cm³/mol. The molecule has 6 nitrogen and oxygen atoms in total. The minimum absolute atomic E-state index is 0.0244. The van der Waals surface area contributed by atoms with Gasteiger partial charge in [-0.15, -0.1) is 0 Å². The second kappa shape index (κ2) is 7.53. The van der Waals surface area contributed by atoms with Crippen molar-refractivity contribution in [3.63, 3.8) is 0 Å². The zero-order valence-corrected chi connectivity index (χ0v) is 15.1. The van der Waals surface area contributed by atoms with Crippen molar-refractivity contribution >= 4 is 5.91 Å². The molecule has 27 heavy (non-hydrogen) atoms. The molecule has 2 aromatic carbocycles. The van der Waals surface area contributed by atoms with Gasteiger partial charge in [0.15, 0.2) is 0 Å². The molecule has 1 amide bonds. The summed E-state index contributed by atoms with van der Waals surface area (Å²) in [6.07, 6.45) is 2.38. The van der Waals surface area contributed by atoms with Crippen LogP contribution in [0.4, 0.5) is 0 Å². The number of ether oxygens (including phenoxy) is 2. The lowest BCUT2D eigenvalue weighted by Crippen LogP contribution is -2.37. The van der Waals surface area contributed by atoms with E-state index in [9.17, 15) is 4.79 Å². The Balaban J connectivity index is 1.41. The maximum Gasteiger partial charge on any atom is 0.227 e. The first kappa shape index (κ1) is 17.1. The zero-order chi connectivity index (χ0) is 18.6. The molecule has 6 heteroatoms. The summed E-state index contributed by atoms with van der Waals surface area (Å²) in [5.74, 6) is 1.34. The van der Waals surface area contributed by atoms with Crippen LogP contribution in [0, 0.1) is 5.92 Å². The molecule has 2 heterocycles. The van der Waals surface area contributed by atoms with Crippen molar-refractivity contribution in [2.75, 3.05) is 13.7 Å². The fourth-order valence-electron chi connectivity index (χ4n) is 3.29. The minimum atomic E-state index is -0.225. The summed E-state index contributed by atoms with van der Waals surface area (Å²) in [6.45, 7) is 0.795. The number of hydrogen-bond acceptors (Lipinski definition) is 4. The summed E-state index contributed by atoms with van der Waals surface area (Å²) in [4.78, 5) is 12.7. The lowest BCUT2D eigenvalue weighted by Gasteiger charge is -2.25. The number of aromatic nitrogens is 2. The van der Waals surface area contributed by atoms with Gasteiger partial charge in [0, 0.05) is 12.1 Å². The number of fused-ring (bicyclic) bond motifs is 1. The van der Waals surface area contributed by atoms with Crippen molar-refractivity contribution in [2.24, 2.45) is 5.92 Å². The van der Waals surface area contributed by atoms with Crippen LogP contribution in [-0.2, 0) is 17.8 Å². The van der Waals surface area contributed by atoms with E-state index in [0.717, 1.165) is 33.9 Å². The third kappa shape index (κ3) is 3.65. The van der Waals surface area contributed by atoms with Crippen LogP contribution in [0.25, 0.3) is 11.3 Å². The van der Waals surface area contributed by atoms with Crippen molar-refractivity contribution in [3.05, 3.63) is 65.9 Å². The number of aromatic amines is 1. The average molecular weight is 363 g/mol. The number of carbonyl (C=O) groups excluding carboxylic acids is 1. The van der Waals surface area contributed by atoms with Crippen molar-refractivity contribution in [1.82, 2.24) is 15.5 Å². The van der Waals surface area contributed by atoms with E-state index >= 15 is 0 Å². The summed E-state index contributed by atoms with van der Waals surface area (Å²) in [5.41, 5.74) is 3.91. The van der Waals surface area contributed by atoms with Crippen LogP contribution in [0.15, 0.2) is 54.7 Å². The number of benzene rings is 2. The van der Waals surface area contributed by atoms with Crippen LogP contribution >= 0.6 is 0 Å². The molecule has 0 saturated heterocycles. The molecule has 1 unspecified atom stereocenters. The highest BCUT2D eigenvalue weighted by Gasteiger charge is 2.26. The molecule has 3 aromatic rings. The molecule has 0 radical (unpaired) electrons. The monoisotopic (exact) mass is 363 g/mol. The molecule has 0 bridgehead atoms. The van der Waals surface area contributed by atoms with Gasteiger partial charge in [0.05, 0.1) is 24.9 Å². The van der Waals surface area contributed by atoms with E-state index in [1.54, 1.807) is 13.3 Å². The summed E-state index contributed by atoms with van der Waals surface area (Å²) >= 11 is 0. The number of rotatable bonds is 5. The summed E-state index contributed by atoms with van der Waals surface area (Å²) in [7, 11) is 1.63. The fourth-order valence-corrected chi connectivity index (χ4v) is 3.29. The standard InChI is InChI=1S/C21H21N3O3/c1-26-18-7-8-19-15(10-18)9-16(13-27-19)21(25)22-11-17-12-23-24-20(17)14-5-3-2-4-6-14/h2-8,10,12,16H,9,11,13H2,1H3,(H,22,25)(H,23,24). The van der Waals surface area contributed by atoms with Crippen LogP contribution in [0.2, 0.25) is 0 Å². The second-order valence-corrected chi connectivity index (χ2v) is 6.54. The van der Waals surface area contributed by atoms with Crippen LogP contribution in [-0.4, -0.2) is 29.8 Å². The van der Waals surface area contributed by atoms with E-state index in [0.29, 0.717) is 19.6 Å². The molecule has 1 atom stereocenters. The summed E-state index contributed by atoms with van der Waals surface area (Å²) in [5, 5.41) is 10.1. The first-order valence-corrected chi connectivity index (χ1v) is 8.89. The Morgan fingerprint density at radius 1 is 1.30 bits per heavy atom. The number of nitrogens with zero attached hydrogens (tertiary/aromatic N) is 1. The lowest BCUT2D eigenvalue weighted by molar-refractivity contribution is -0.126. The van der Waals surface area contributed by atoms with Gasteiger partial charge >= 0.3 is 0 Å². The Morgan fingerprint density at radius 2 is 2.15 bits per heavy atom. The van der Waals surface area contributed by atoms with Crippen molar-refractivity contribution in [3.8, 4) is 22.8 Å². The normalized spacial score (nSPS) is 15.5. The van der Waals surface area contributed by atoms with Gasteiger partial charge in [0.2, 0.25) is 5.91 Å². The highest BCUT2D eigenvalue weighted by molar-refractivity contribution is 5.80. The van der Waals surface area contributed by atoms with Gasteiger partial charge in [-0.2, -0.15) is 5.10 Å². The van der Waals surface area contributed by atoms with Gasteiger partial charge in [0.25, 0.3) is 0 Å². The number of H-pyrrole nitrogens is 1. The molecule has 4 rings (SSSR count). The first-order chi connectivity index (χ1) is 13.2. The van der Waals surface area contributed by atoms with E-state index in [1.165, 1.54) is 0 Å². The number of methoxy groups -OCH3 is 1. The van der Waals surface area contributed by atoms with E-state index in [-0.39, 0.29) is 11.8 Å². The predicted octanol–water partition coefficient (Wildman–Crippen LogP) is 2.95. The Morgan fingerprint density at radius 3 is 2.96 bits per heavy atom. The Labute approximate surface area is 157 Å². The van der Waals surface area contributed by atoms with Crippen molar-refractivity contribution in [2.45, 2.75) is 13.0 Å². The summed E-state index contributed by atoms with van der Waals surface area (Å²) < 4.78 is 11.0. The maximum atomic E-state index is 12.7. The Hall–Kier alpha value is -3.28. The molecular weight excluding hydrogens is 342 g/mol. The largest absolute Gasteiger partial charge is 0.497 e. The third-order valence-electron chi connectivity index (χ3n) is 4.78.